The highest BCUT2D eigenvalue weighted by atomic mass is 19.1. The second kappa shape index (κ2) is 5.45. The second-order valence-electron chi connectivity index (χ2n) is 3.71. The number of nitrogens with zero attached hydrogens (tertiary/aromatic N) is 1. The van der Waals surface area contributed by atoms with Crippen molar-refractivity contribution in [2.45, 2.75) is 6.42 Å². The second-order valence-corrected chi connectivity index (χ2v) is 3.71. The number of anilines is 1. The minimum absolute atomic E-state index is 0.265. The highest BCUT2D eigenvalue weighted by Gasteiger charge is 2.10. The fourth-order valence-electron chi connectivity index (χ4n) is 1.61. The van der Waals surface area contributed by atoms with Crippen LogP contribution < -0.4 is 11.1 Å². The van der Waals surface area contributed by atoms with Crippen LogP contribution in [0.5, 0.6) is 0 Å². The molecule has 0 amide bonds. The molecule has 1 heterocycles. The van der Waals surface area contributed by atoms with Crippen LogP contribution in [0.25, 0.3) is 11.3 Å². The average Bonchev–Trinajstić information content (AvgIpc) is 2.78. The molecule has 90 valence electrons. The quantitative estimate of drug-likeness (QED) is 0.693. The number of aromatic nitrogens is 2. The van der Waals surface area contributed by atoms with E-state index < -0.39 is 0 Å². The molecule has 0 radical (unpaired) electrons. The Bertz CT molecular complexity index is 481. The van der Waals surface area contributed by atoms with Gasteiger partial charge in [0, 0.05) is 12.1 Å². The van der Waals surface area contributed by atoms with Crippen LogP contribution in [0.2, 0.25) is 0 Å². The highest BCUT2D eigenvalue weighted by molar-refractivity contribution is 5.73. The fourth-order valence-corrected chi connectivity index (χ4v) is 1.61. The van der Waals surface area contributed by atoms with Crippen LogP contribution in [0.1, 0.15) is 6.42 Å². The first-order chi connectivity index (χ1) is 8.33. The van der Waals surface area contributed by atoms with Gasteiger partial charge in [-0.2, -0.15) is 5.10 Å². The summed E-state index contributed by atoms with van der Waals surface area (Å²) in [4.78, 5) is 0. The van der Waals surface area contributed by atoms with E-state index in [-0.39, 0.29) is 5.82 Å². The van der Waals surface area contributed by atoms with Crippen molar-refractivity contribution in [1.82, 2.24) is 10.2 Å². The summed E-state index contributed by atoms with van der Waals surface area (Å²) < 4.78 is 13.6. The van der Waals surface area contributed by atoms with Gasteiger partial charge in [0.05, 0.1) is 17.6 Å². The predicted octanol–water partition coefficient (Wildman–Crippen LogP) is 1.98. The summed E-state index contributed by atoms with van der Waals surface area (Å²) in [6.07, 6.45) is 2.51. The SMILES string of the molecule is NCCCNc1cn[nH]c1-c1ccccc1F. The van der Waals surface area contributed by atoms with Crippen molar-refractivity contribution in [3.63, 3.8) is 0 Å². The topological polar surface area (TPSA) is 66.7 Å². The van der Waals surface area contributed by atoms with Crippen LogP contribution in [0.15, 0.2) is 30.5 Å². The van der Waals surface area contributed by atoms with Crippen molar-refractivity contribution in [2.24, 2.45) is 5.73 Å². The first-order valence-electron chi connectivity index (χ1n) is 5.55. The number of hydrogen-bond donors (Lipinski definition) is 3. The lowest BCUT2D eigenvalue weighted by Gasteiger charge is -2.06. The number of hydrogen-bond acceptors (Lipinski definition) is 3. The molecule has 0 spiro atoms. The molecule has 0 aliphatic heterocycles. The van der Waals surface area contributed by atoms with Gasteiger partial charge >= 0.3 is 0 Å². The van der Waals surface area contributed by atoms with Gasteiger partial charge in [0.25, 0.3) is 0 Å². The zero-order valence-electron chi connectivity index (χ0n) is 9.41. The Labute approximate surface area is 99.0 Å². The standard InChI is InChI=1S/C12H15FN4/c13-10-5-2-1-4-9(10)12-11(8-16-17-12)15-7-3-6-14/h1-2,4-5,8,15H,3,6-7,14H2,(H,16,17). The smallest absolute Gasteiger partial charge is 0.132 e. The molecule has 1 aromatic heterocycles. The van der Waals surface area contributed by atoms with Gasteiger partial charge in [-0.1, -0.05) is 12.1 Å². The van der Waals surface area contributed by atoms with Crippen molar-refractivity contribution < 1.29 is 4.39 Å². The maximum atomic E-state index is 13.6. The first kappa shape index (κ1) is 11.6. The van der Waals surface area contributed by atoms with Crippen molar-refractivity contribution in [2.75, 3.05) is 18.4 Å². The lowest BCUT2D eigenvalue weighted by molar-refractivity contribution is 0.630. The average molecular weight is 234 g/mol. The Morgan fingerprint density at radius 1 is 1.35 bits per heavy atom. The Morgan fingerprint density at radius 2 is 2.18 bits per heavy atom. The summed E-state index contributed by atoms with van der Waals surface area (Å²) in [6, 6.07) is 6.61. The summed E-state index contributed by atoms with van der Waals surface area (Å²) in [5.74, 6) is -0.265. The largest absolute Gasteiger partial charge is 0.382 e. The van der Waals surface area contributed by atoms with Crippen molar-refractivity contribution in [3.8, 4) is 11.3 Å². The zero-order valence-corrected chi connectivity index (χ0v) is 9.41. The van der Waals surface area contributed by atoms with Gasteiger partial charge in [0.1, 0.15) is 5.82 Å². The van der Waals surface area contributed by atoms with Crippen molar-refractivity contribution in [1.29, 1.82) is 0 Å². The van der Waals surface area contributed by atoms with Gasteiger partial charge in [-0.3, -0.25) is 5.10 Å². The molecule has 0 aliphatic rings. The van der Waals surface area contributed by atoms with E-state index in [0.717, 1.165) is 18.7 Å². The molecule has 17 heavy (non-hydrogen) atoms. The third kappa shape index (κ3) is 2.62. The number of halogens is 1. The number of nitrogens with two attached hydrogens (primary N) is 1. The zero-order chi connectivity index (χ0) is 12.1. The summed E-state index contributed by atoms with van der Waals surface area (Å²) in [5.41, 5.74) is 7.39. The number of nitrogens with one attached hydrogen (secondary N) is 2. The normalized spacial score (nSPS) is 10.5. The van der Waals surface area contributed by atoms with Crippen LogP contribution in [0.3, 0.4) is 0 Å². The minimum atomic E-state index is -0.265. The van der Waals surface area contributed by atoms with Gasteiger partial charge < -0.3 is 11.1 Å². The van der Waals surface area contributed by atoms with Crippen molar-refractivity contribution in [3.05, 3.63) is 36.3 Å². The third-order valence-corrected chi connectivity index (χ3v) is 2.48. The molecule has 4 nitrogen and oxygen atoms in total. The first-order valence-corrected chi connectivity index (χ1v) is 5.55. The number of H-pyrrole nitrogens is 1. The molecule has 0 saturated carbocycles. The molecule has 2 rings (SSSR count). The number of benzene rings is 1. The molecule has 0 aliphatic carbocycles. The highest BCUT2D eigenvalue weighted by Crippen LogP contribution is 2.27. The minimum Gasteiger partial charge on any atom is -0.382 e. The van der Waals surface area contributed by atoms with Gasteiger partial charge in [-0.15, -0.1) is 0 Å². The molecule has 0 fully saturated rings. The molecule has 0 atom stereocenters. The Balaban J connectivity index is 2.22. The van der Waals surface area contributed by atoms with E-state index in [2.05, 4.69) is 15.5 Å². The van der Waals surface area contributed by atoms with Crippen LogP contribution in [-0.4, -0.2) is 23.3 Å². The lowest BCUT2D eigenvalue weighted by atomic mass is 10.1. The molecule has 0 bridgehead atoms. The van der Waals surface area contributed by atoms with E-state index in [1.807, 2.05) is 0 Å². The number of aromatic amines is 1. The molecule has 0 unspecified atom stereocenters. The summed E-state index contributed by atoms with van der Waals surface area (Å²) in [7, 11) is 0. The van der Waals surface area contributed by atoms with E-state index in [0.29, 0.717) is 17.8 Å². The van der Waals surface area contributed by atoms with Gasteiger partial charge in [0.15, 0.2) is 0 Å². The predicted molar refractivity (Wildman–Crippen MR) is 66.1 cm³/mol. The Kier molecular flexibility index (Phi) is 3.72. The lowest BCUT2D eigenvalue weighted by Crippen LogP contribution is -2.08. The molecular weight excluding hydrogens is 219 g/mol. The van der Waals surface area contributed by atoms with Gasteiger partial charge in [0.2, 0.25) is 0 Å². The maximum Gasteiger partial charge on any atom is 0.132 e. The van der Waals surface area contributed by atoms with Crippen molar-refractivity contribution >= 4 is 5.69 Å². The molecular formula is C12H15FN4. The van der Waals surface area contributed by atoms with Crippen LogP contribution in [-0.2, 0) is 0 Å². The summed E-state index contributed by atoms with van der Waals surface area (Å²) in [5, 5.41) is 9.92. The molecule has 5 heteroatoms. The number of rotatable bonds is 5. The van der Waals surface area contributed by atoms with Crippen LogP contribution >= 0.6 is 0 Å². The molecule has 2 aromatic rings. The summed E-state index contributed by atoms with van der Waals surface area (Å²) in [6.45, 7) is 1.37. The maximum absolute atomic E-state index is 13.6. The van der Waals surface area contributed by atoms with E-state index in [4.69, 9.17) is 5.73 Å². The summed E-state index contributed by atoms with van der Waals surface area (Å²) >= 11 is 0. The Morgan fingerprint density at radius 3 is 2.94 bits per heavy atom. The molecule has 1 aromatic carbocycles. The monoisotopic (exact) mass is 234 g/mol. The molecule has 0 saturated heterocycles. The van der Waals surface area contributed by atoms with Crippen LogP contribution in [0, 0.1) is 5.82 Å². The fraction of sp³-hybridized carbons (Fsp3) is 0.250. The molecule has 4 N–H and O–H groups in total. The van der Waals surface area contributed by atoms with Gasteiger partial charge in [-0.05, 0) is 25.1 Å². The van der Waals surface area contributed by atoms with E-state index in [1.54, 1.807) is 24.4 Å². The van der Waals surface area contributed by atoms with E-state index in [9.17, 15) is 4.39 Å². The van der Waals surface area contributed by atoms with Crippen LogP contribution in [0.4, 0.5) is 10.1 Å². The Hall–Kier alpha value is -1.88. The van der Waals surface area contributed by atoms with Gasteiger partial charge in [-0.25, -0.2) is 4.39 Å². The third-order valence-electron chi connectivity index (χ3n) is 2.48. The van der Waals surface area contributed by atoms with E-state index in [1.165, 1.54) is 6.07 Å². The van der Waals surface area contributed by atoms with E-state index >= 15 is 0 Å².